The third kappa shape index (κ3) is 3.73. The first-order valence-electron chi connectivity index (χ1n) is 6.71. The van der Waals surface area contributed by atoms with Crippen molar-refractivity contribution in [3.63, 3.8) is 0 Å². The number of thiophene rings is 1. The van der Waals surface area contributed by atoms with Crippen LogP contribution in [-0.4, -0.2) is 30.1 Å². The number of likely N-dealkylation sites (tertiary alicyclic amines) is 1. The maximum atomic E-state index is 12.1. The summed E-state index contributed by atoms with van der Waals surface area (Å²) in [6.07, 6.45) is 3.18. The molecule has 1 saturated heterocycles. The van der Waals surface area contributed by atoms with Crippen molar-refractivity contribution in [1.82, 2.24) is 10.2 Å². The van der Waals surface area contributed by atoms with Crippen LogP contribution in [0.15, 0.2) is 16.8 Å². The molecule has 0 radical (unpaired) electrons. The highest BCUT2D eigenvalue weighted by atomic mass is 32.1. The fourth-order valence-electron chi connectivity index (χ4n) is 2.33. The zero-order valence-electron chi connectivity index (χ0n) is 11.2. The molecule has 0 spiro atoms. The Hall–Kier alpha value is -1.03. The van der Waals surface area contributed by atoms with Crippen LogP contribution in [0.3, 0.4) is 0 Å². The second kappa shape index (κ2) is 6.23. The quantitative estimate of drug-likeness (QED) is 0.895. The van der Waals surface area contributed by atoms with Crippen molar-refractivity contribution >= 4 is 17.4 Å². The molecule has 0 aliphatic carbocycles. The number of carbonyl (C=O) groups is 1. The Balaban J connectivity index is 1.76. The highest BCUT2D eigenvalue weighted by Crippen LogP contribution is 2.16. The number of hydrogen-bond donors (Lipinski definition) is 1. The number of piperidine rings is 1. The van der Waals surface area contributed by atoms with Gasteiger partial charge < -0.3 is 10.2 Å². The Morgan fingerprint density at radius 2 is 2.28 bits per heavy atom. The molecule has 1 unspecified atom stereocenters. The largest absolute Gasteiger partial charge is 0.335 e. The van der Waals surface area contributed by atoms with Crippen molar-refractivity contribution < 1.29 is 4.79 Å². The molecule has 1 fully saturated rings. The molecule has 0 saturated carbocycles. The first kappa shape index (κ1) is 13.4. The summed E-state index contributed by atoms with van der Waals surface area (Å²) in [6.45, 7) is 6.13. The molecular formula is C14H22N2OS. The predicted octanol–water partition coefficient (Wildman–Crippen LogP) is 3.12. The lowest BCUT2D eigenvalue weighted by Gasteiger charge is -2.31. The number of nitrogens with zero attached hydrogens (tertiary/aromatic N) is 1. The molecule has 1 aliphatic rings. The molecule has 4 heteroatoms. The van der Waals surface area contributed by atoms with Gasteiger partial charge in [-0.25, -0.2) is 4.79 Å². The topological polar surface area (TPSA) is 32.3 Å². The van der Waals surface area contributed by atoms with Crippen molar-refractivity contribution in [1.29, 1.82) is 0 Å². The third-order valence-electron chi connectivity index (χ3n) is 3.56. The average Bonchev–Trinajstić information content (AvgIpc) is 2.82. The SMILES string of the molecule is CC1CCN(C(=O)NC(C)Cc2ccsc2)CC1. The molecule has 1 atom stereocenters. The van der Waals surface area contributed by atoms with Crippen LogP contribution in [0.1, 0.15) is 32.3 Å². The minimum Gasteiger partial charge on any atom is -0.335 e. The van der Waals surface area contributed by atoms with Crippen molar-refractivity contribution in [2.24, 2.45) is 5.92 Å². The van der Waals surface area contributed by atoms with E-state index in [1.54, 1.807) is 11.3 Å². The van der Waals surface area contributed by atoms with Crippen LogP contribution < -0.4 is 5.32 Å². The second-order valence-electron chi connectivity index (χ2n) is 5.36. The van der Waals surface area contributed by atoms with E-state index >= 15 is 0 Å². The van der Waals surface area contributed by atoms with E-state index < -0.39 is 0 Å². The van der Waals surface area contributed by atoms with E-state index in [-0.39, 0.29) is 12.1 Å². The first-order chi connectivity index (χ1) is 8.65. The van der Waals surface area contributed by atoms with Gasteiger partial charge in [-0.3, -0.25) is 0 Å². The van der Waals surface area contributed by atoms with Crippen LogP contribution in [0.2, 0.25) is 0 Å². The molecule has 0 aromatic carbocycles. The van der Waals surface area contributed by atoms with E-state index in [9.17, 15) is 4.79 Å². The van der Waals surface area contributed by atoms with Gasteiger partial charge in [-0.05, 0) is 54.5 Å². The van der Waals surface area contributed by atoms with Gasteiger partial charge in [0, 0.05) is 19.1 Å². The fraction of sp³-hybridized carbons (Fsp3) is 0.643. The van der Waals surface area contributed by atoms with E-state index in [0.717, 1.165) is 38.3 Å². The molecule has 1 aromatic rings. The summed E-state index contributed by atoms with van der Waals surface area (Å²) in [6, 6.07) is 2.42. The molecule has 2 heterocycles. The Morgan fingerprint density at radius 3 is 2.89 bits per heavy atom. The monoisotopic (exact) mass is 266 g/mol. The van der Waals surface area contributed by atoms with E-state index in [0.29, 0.717) is 0 Å². The van der Waals surface area contributed by atoms with Gasteiger partial charge in [0.15, 0.2) is 0 Å². The first-order valence-corrected chi connectivity index (χ1v) is 7.66. The number of urea groups is 1. The zero-order chi connectivity index (χ0) is 13.0. The van der Waals surface area contributed by atoms with E-state index in [1.165, 1.54) is 5.56 Å². The second-order valence-corrected chi connectivity index (χ2v) is 6.14. The van der Waals surface area contributed by atoms with Crippen molar-refractivity contribution in [3.8, 4) is 0 Å². The Bertz CT molecular complexity index is 369. The number of hydrogen-bond acceptors (Lipinski definition) is 2. The molecule has 3 nitrogen and oxygen atoms in total. The number of nitrogens with one attached hydrogen (secondary N) is 1. The number of carbonyl (C=O) groups excluding carboxylic acids is 1. The molecule has 2 rings (SSSR count). The summed E-state index contributed by atoms with van der Waals surface area (Å²) in [5.74, 6) is 0.761. The Kier molecular flexibility index (Phi) is 4.64. The molecule has 0 bridgehead atoms. The summed E-state index contributed by atoms with van der Waals surface area (Å²) in [5.41, 5.74) is 1.31. The lowest BCUT2D eigenvalue weighted by Crippen LogP contribution is -2.47. The summed E-state index contributed by atoms with van der Waals surface area (Å²) in [4.78, 5) is 14.0. The lowest BCUT2D eigenvalue weighted by atomic mass is 9.99. The van der Waals surface area contributed by atoms with Gasteiger partial charge in [0.1, 0.15) is 0 Å². The fourth-order valence-corrected chi connectivity index (χ4v) is 3.01. The average molecular weight is 266 g/mol. The minimum atomic E-state index is 0.102. The minimum absolute atomic E-state index is 0.102. The maximum absolute atomic E-state index is 12.1. The molecular weight excluding hydrogens is 244 g/mol. The Labute approximate surface area is 113 Å². The van der Waals surface area contributed by atoms with Crippen molar-refractivity contribution in [3.05, 3.63) is 22.4 Å². The predicted molar refractivity (Wildman–Crippen MR) is 76.0 cm³/mol. The lowest BCUT2D eigenvalue weighted by molar-refractivity contribution is 0.171. The van der Waals surface area contributed by atoms with Crippen molar-refractivity contribution in [2.75, 3.05) is 13.1 Å². The van der Waals surface area contributed by atoms with Gasteiger partial charge >= 0.3 is 6.03 Å². The molecule has 1 aliphatic heterocycles. The molecule has 100 valence electrons. The Morgan fingerprint density at radius 1 is 1.56 bits per heavy atom. The van der Waals surface area contributed by atoms with Crippen LogP contribution in [0.4, 0.5) is 4.79 Å². The van der Waals surface area contributed by atoms with Crippen LogP contribution in [0.5, 0.6) is 0 Å². The van der Waals surface area contributed by atoms with E-state index in [1.807, 2.05) is 4.90 Å². The summed E-state index contributed by atoms with van der Waals surface area (Å²) in [7, 11) is 0. The van der Waals surface area contributed by atoms with Crippen LogP contribution >= 0.6 is 11.3 Å². The highest BCUT2D eigenvalue weighted by Gasteiger charge is 2.21. The molecule has 18 heavy (non-hydrogen) atoms. The summed E-state index contributed by atoms with van der Waals surface area (Å²) >= 11 is 1.71. The van der Waals surface area contributed by atoms with E-state index in [2.05, 4.69) is 36.0 Å². The zero-order valence-corrected chi connectivity index (χ0v) is 12.0. The van der Waals surface area contributed by atoms with Gasteiger partial charge in [-0.1, -0.05) is 6.92 Å². The molecule has 1 N–H and O–H groups in total. The van der Waals surface area contributed by atoms with Gasteiger partial charge in [0.2, 0.25) is 0 Å². The summed E-state index contributed by atoms with van der Waals surface area (Å²) < 4.78 is 0. The van der Waals surface area contributed by atoms with E-state index in [4.69, 9.17) is 0 Å². The number of amides is 2. The van der Waals surface area contributed by atoms with Crippen LogP contribution in [-0.2, 0) is 6.42 Å². The van der Waals surface area contributed by atoms with Gasteiger partial charge in [0.25, 0.3) is 0 Å². The molecule has 1 aromatic heterocycles. The van der Waals surface area contributed by atoms with Gasteiger partial charge in [0.05, 0.1) is 0 Å². The summed E-state index contributed by atoms with van der Waals surface area (Å²) in [5, 5.41) is 7.32. The molecule has 2 amide bonds. The normalized spacial score (nSPS) is 18.7. The van der Waals surface area contributed by atoms with Gasteiger partial charge in [-0.15, -0.1) is 0 Å². The van der Waals surface area contributed by atoms with Gasteiger partial charge in [-0.2, -0.15) is 11.3 Å². The standard InChI is InChI=1S/C14H22N2OS/c1-11-3-6-16(7-4-11)14(17)15-12(2)9-13-5-8-18-10-13/h5,8,10-12H,3-4,6-7,9H2,1-2H3,(H,15,17). The maximum Gasteiger partial charge on any atom is 0.317 e. The third-order valence-corrected chi connectivity index (χ3v) is 4.29. The number of rotatable bonds is 3. The van der Waals surface area contributed by atoms with Crippen LogP contribution in [0, 0.1) is 5.92 Å². The smallest absolute Gasteiger partial charge is 0.317 e. The van der Waals surface area contributed by atoms with Crippen LogP contribution in [0.25, 0.3) is 0 Å². The van der Waals surface area contributed by atoms with Crippen molar-refractivity contribution in [2.45, 2.75) is 39.2 Å². The highest BCUT2D eigenvalue weighted by molar-refractivity contribution is 7.07.